The first-order valence-electron chi connectivity index (χ1n) is 7.79. The van der Waals surface area contributed by atoms with Gasteiger partial charge in [-0.15, -0.1) is 0 Å². The summed E-state index contributed by atoms with van der Waals surface area (Å²) in [6, 6.07) is 16.9. The van der Waals surface area contributed by atoms with Gasteiger partial charge in [0.1, 0.15) is 0 Å². The van der Waals surface area contributed by atoms with Gasteiger partial charge < -0.3 is 10.1 Å². The molecule has 0 fully saturated rings. The predicted molar refractivity (Wildman–Crippen MR) is 94.7 cm³/mol. The van der Waals surface area contributed by atoms with Crippen LogP contribution in [0.5, 0.6) is 0 Å². The molecule has 2 aromatic rings. The number of nitrogens with one attached hydrogen (secondary N) is 1. The number of hydrogen-bond donors (Lipinski definition) is 1. The van der Waals surface area contributed by atoms with Crippen LogP contribution in [0, 0.1) is 0 Å². The third-order valence-electron chi connectivity index (χ3n) is 3.71. The van der Waals surface area contributed by atoms with Gasteiger partial charge in [-0.1, -0.05) is 49.4 Å². The van der Waals surface area contributed by atoms with Gasteiger partial charge in [0.15, 0.2) is 0 Å². The Bertz CT molecular complexity index is 705. The molecular formula is C20H21NO3. The van der Waals surface area contributed by atoms with E-state index in [9.17, 15) is 9.59 Å². The van der Waals surface area contributed by atoms with E-state index in [4.69, 9.17) is 0 Å². The van der Waals surface area contributed by atoms with Crippen LogP contribution in [-0.2, 0) is 9.53 Å². The van der Waals surface area contributed by atoms with E-state index in [1.165, 1.54) is 18.7 Å². The molecule has 24 heavy (non-hydrogen) atoms. The van der Waals surface area contributed by atoms with Crippen molar-refractivity contribution < 1.29 is 14.3 Å². The zero-order chi connectivity index (χ0) is 17.4. The lowest BCUT2D eigenvalue weighted by molar-refractivity contribution is -0.116. The van der Waals surface area contributed by atoms with Crippen LogP contribution in [-0.4, -0.2) is 25.5 Å². The van der Waals surface area contributed by atoms with E-state index in [1.807, 2.05) is 18.2 Å². The molecule has 0 saturated carbocycles. The van der Waals surface area contributed by atoms with Crippen LogP contribution in [0.4, 0.5) is 0 Å². The molecule has 1 N–H and O–H groups in total. The molecule has 4 nitrogen and oxygen atoms in total. The number of carbonyl (C=O) groups excluding carboxylic acids is 2. The summed E-state index contributed by atoms with van der Waals surface area (Å²) >= 11 is 0. The molecule has 0 aromatic heterocycles. The second kappa shape index (κ2) is 8.67. The van der Waals surface area contributed by atoms with Gasteiger partial charge in [-0.05, 0) is 35.3 Å². The highest BCUT2D eigenvalue weighted by molar-refractivity contribution is 5.92. The smallest absolute Gasteiger partial charge is 0.337 e. The van der Waals surface area contributed by atoms with E-state index >= 15 is 0 Å². The molecule has 124 valence electrons. The van der Waals surface area contributed by atoms with Crippen LogP contribution in [0.3, 0.4) is 0 Å². The van der Waals surface area contributed by atoms with Crippen molar-refractivity contribution in [2.75, 3.05) is 13.7 Å². The van der Waals surface area contributed by atoms with Crippen LogP contribution in [0.1, 0.15) is 34.3 Å². The first kappa shape index (κ1) is 17.5. The topological polar surface area (TPSA) is 55.4 Å². The highest BCUT2D eigenvalue weighted by atomic mass is 16.5. The fourth-order valence-electron chi connectivity index (χ4n) is 2.23. The summed E-state index contributed by atoms with van der Waals surface area (Å²) in [6.07, 6.45) is 3.20. The van der Waals surface area contributed by atoms with Crippen molar-refractivity contribution in [3.8, 4) is 0 Å². The molecule has 0 saturated heterocycles. The van der Waals surface area contributed by atoms with Crippen molar-refractivity contribution in [3.05, 3.63) is 77.4 Å². The van der Waals surface area contributed by atoms with Gasteiger partial charge in [-0.2, -0.15) is 0 Å². The molecule has 1 unspecified atom stereocenters. The zero-order valence-corrected chi connectivity index (χ0v) is 13.9. The maximum absolute atomic E-state index is 11.9. The fourth-order valence-corrected chi connectivity index (χ4v) is 2.23. The molecule has 0 aliphatic rings. The normalized spacial score (nSPS) is 11.9. The number of amides is 1. The maximum Gasteiger partial charge on any atom is 0.337 e. The third-order valence-corrected chi connectivity index (χ3v) is 3.71. The minimum absolute atomic E-state index is 0.144. The van der Waals surface area contributed by atoms with Crippen molar-refractivity contribution in [1.29, 1.82) is 0 Å². The average Bonchev–Trinajstić information content (AvgIpc) is 2.64. The minimum atomic E-state index is -0.377. The molecule has 2 rings (SSSR count). The van der Waals surface area contributed by atoms with E-state index in [0.717, 1.165) is 5.56 Å². The fraction of sp³-hybridized carbons (Fsp3) is 0.200. The average molecular weight is 323 g/mol. The van der Waals surface area contributed by atoms with E-state index < -0.39 is 0 Å². The summed E-state index contributed by atoms with van der Waals surface area (Å²) in [5, 5.41) is 2.89. The molecule has 4 heteroatoms. The van der Waals surface area contributed by atoms with Gasteiger partial charge in [-0.25, -0.2) is 4.79 Å². The molecule has 0 spiro atoms. The lowest BCUT2D eigenvalue weighted by Crippen LogP contribution is -2.25. The molecule has 2 aromatic carbocycles. The van der Waals surface area contributed by atoms with Crippen LogP contribution in [0.2, 0.25) is 0 Å². The van der Waals surface area contributed by atoms with E-state index in [2.05, 4.69) is 29.1 Å². The van der Waals surface area contributed by atoms with Crippen molar-refractivity contribution in [3.63, 3.8) is 0 Å². The maximum atomic E-state index is 11.9. The molecule has 0 aliphatic heterocycles. The second-order valence-electron chi connectivity index (χ2n) is 5.50. The molecule has 0 aliphatic carbocycles. The predicted octanol–water partition coefficient (Wildman–Crippen LogP) is 3.41. The van der Waals surface area contributed by atoms with Gasteiger partial charge in [0, 0.05) is 12.6 Å². The third kappa shape index (κ3) is 5.09. The van der Waals surface area contributed by atoms with Gasteiger partial charge in [0.2, 0.25) is 5.91 Å². The Kier molecular flexibility index (Phi) is 6.32. The van der Waals surface area contributed by atoms with Crippen molar-refractivity contribution >= 4 is 18.0 Å². The molecular weight excluding hydrogens is 302 g/mol. The van der Waals surface area contributed by atoms with Crippen molar-refractivity contribution in [2.45, 2.75) is 12.8 Å². The van der Waals surface area contributed by atoms with Gasteiger partial charge in [-0.3, -0.25) is 4.79 Å². The van der Waals surface area contributed by atoms with Crippen molar-refractivity contribution in [1.82, 2.24) is 5.32 Å². The molecule has 0 bridgehead atoms. The zero-order valence-electron chi connectivity index (χ0n) is 13.9. The highest BCUT2D eigenvalue weighted by Crippen LogP contribution is 2.13. The summed E-state index contributed by atoms with van der Waals surface area (Å²) < 4.78 is 4.64. The number of ether oxygens (including phenoxy) is 1. The van der Waals surface area contributed by atoms with Crippen LogP contribution >= 0.6 is 0 Å². The Labute approximate surface area is 142 Å². The van der Waals surface area contributed by atoms with Gasteiger partial charge in [0.25, 0.3) is 0 Å². The van der Waals surface area contributed by atoms with E-state index in [0.29, 0.717) is 12.1 Å². The summed E-state index contributed by atoms with van der Waals surface area (Å²) in [5.41, 5.74) is 2.52. The lowest BCUT2D eigenvalue weighted by atomic mass is 10.0. The van der Waals surface area contributed by atoms with Crippen LogP contribution < -0.4 is 5.32 Å². The molecule has 0 radical (unpaired) electrons. The summed E-state index contributed by atoms with van der Waals surface area (Å²) in [5.74, 6) is -0.268. The molecule has 0 heterocycles. The van der Waals surface area contributed by atoms with Crippen molar-refractivity contribution in [2.24, 2.45) is 0 Å². The monoisotopic (exact) mass is 323 g/mol. The summed E-state index contributed by atoms with van der Waals surface area (Å²) in [7, 11) is 1.34. The number of hydrogen-bond acceptors (Lipinski definition) is 3. The first-order valence-corrected chi connectivity index (χ1v) is 7.79. The number of carbonyl (C=O) groups is 2. The number of methoxy groups -OCH3 is 1. The summed E-state index contributed by atoms with van der Waals surface area (Å²) in [4.78, 5) is 23.3. The van der Waals surface area contributed by atoms with E-state index in [1.54, 1.807) is 30.3 Å². The lowest BCUT2D eigenvalue weighted by Gasteiger charge is -2.11. The quantitative estimate of drug-likeness (QED) is 0.655. The number of esters is 1. The minimum Gasteiger partial charge on any atom is -0.465 e. The molecule has 1 amide bonds. The van der Waals surface area contributed by atoms with Crippen LogP contribution in [0.15, 0.2) is 60.7 Å². The second-order valence-corrected chi connectivity index (χ2v) is 5.50. The Hall–Kier alpha value is -2.88. The first-order chi connectivity index (χ1) is 11.6. The standard InChI is InChI=1S/C20H21NO3/c1-15(17-6-4-3-5-7-17)14-21-19(22)13-10-16-8-11-18(12-9-16)20(23)24-2/h3-13,15H,14H2,1-2H3,(H,21,22). The Balaban J connectivity index is 1.85. The number of benzene rings is 2. The summed E-state index contributed by atoms with van der Waals surface area (Å²) in [6.45, 7) is 2.65. The largest absolute Gasteiger partial charge is 0.465 e. The van der Waals surface area contributed by atoms with Crippen LogP contribution in [0.25, 0.3) is 6.08 Å². The SMILES string of the molecule is COC(=O)c1ccc(C=CC(=O)NCC(C)c2ccccc2)cc1. The number of rotatable bonds is 6. The Morgan fingerprint density at radius 2 is 1.75 bits per heavy atom. The Morgan fingerprint density at radius 1 is 1.08 bits per heavy atom. The highest BCUT2D eigenvalue weighted by Gasteiger charge is 2.06. The Morgan fingerprint density at radius 3 is 2.38 bits per heavy atom. The molecule has 1 atom stereocenters. The van der Waals surface area contributed by atoms with E-state index in [-0.39, 0.29) is 17.8 Å². The van der Waals surface area contributed by atoms with Gasteiger partial charge >= 0.3 is 5.97 Å². The van der Waals surface area contributed by atoms with Gasteiger partial charge in [0.05, 0.1) is 12.7 Å².